The second-order valence-electron chi connectivity index (χ2n) is 7.41. The van der Waals surface area contributed by atoms with Gasteiger partial charge in [-0.2, -0.15) is 0 Å². The minimum absolute atomic E-state index is 0.246. The Hall–Kier alpha value is -1.60. The summed E-state index contributed by atoms with van der Waals surface area (Å²) in [6, 6.07) is 12.8. The minimum Gasteiger partial charge on any atom is -0.369 e. The molecule has 3 rings (SSSR count). The lowest BCUT2D eigenvalue weighted by molar-refractivity contribution is 0.447. The quantitative estimate of drug-likeness (QED) is 0.660. The summed E-state index contributed by atoms with van der Waals surface area (Å²) in [4.78, 5) is 2.56. The van der Waals surface area contributed by atoms with E-state index in [2.05, 4.69) is 17.1 Å². The summed E-state index contributed by atoms with van der Waals surface area (Å²) in [5, 5.41) is 3.35. The number of nitrogens with zero attached hydrogens (tertiary/aromatic N) is 2. The molecule has 1 atom stereocenters. The van der Waals surface area contributed by atoms with Gasteiger partial charge in [-0.15, -0.1) is 3.82 Å². The van der Waals surface area contributed by atoms with Crippen LogP contribution in [0.4, 0.5) is 5.69 Å². The second-order valence-corrected chi connectivity index (χ2v) is 9.79. The highest BCUT2D eigenvalue weighted by atomic mass is 35.5. The summed E-state index contributed by atoms with van der Waals surface area (Å²) in [7, 11) is -3.83. The maximum absolute atomic E-state index is 13.3. The Bertz CT molecular complexity index is 943. The Morgan fingerprint density at radius 2 is 1.83 bits per heavy atom. The van der Waals surface area contributed by atoms with Crippen LogP contribution in [0, 0.1) is 6.92 Å². The molecule has 1 fully saturated rings. The van der Waals surface area contributed by atoms with Crippen LogP contribution in [0.3, 0.4) is 0 Å². The number of benzene rings is 2. The number of aryl methyl sites for hydroxylation is 2. The number of sulfonamides is 1. The van der Waals surface area contributed by atoms with E-state index in [0.717, 1.165) is 58.8 Å². The molecule has 0 radical (unpaired) electrons. The van der Waals surface area contributed by atoms with Gasteiger partial charge in [0.25, 0.3) is 10.0 Å². The third kappa shape index (κ3) is 4.61. The van der Waals surface area contributed by atoms with Crippen LogP contribution in [0.1, 0.15) is 43.0 Å². The first-order chi connectivity index (χ1) is 13.9. The molecule has 0 spiro atoms. The monoisotopic (exact) mass is 435 g/mol. The van der Waals surface area contributed by atoms with E-state index in [1.807, 2.05) is 44.2 Å². The summed E-state index contributed by atoms with van der Waals surface area (Å²) in [6.07, 6.45) is 1.35. The molecule has 158 valence electrons. The van der Waals surface area contributed by atoms with Gasteiger partial charge in [0.2, 0.25) is 0 Å². The van der Waals surface area contributed by atoms with Gasteiger partial charge in [-0.3, -0.25) is 0 Å². The Morgan fingerprint density at radius 1 is 1.14 bits per heavy atom. The van der Waals surface area contributed by atoms with Gasteiger partial charge in [0.15, 0.2) is 0 Å². The van der Waals surface area contributed by atoms with Gasteiger partial charge < -0.3 is 10.2 Å². The van der Waals surface area contributed by atoms with Crippen molar-refractivity contribution in [3.8, 4) is 0 Å². The zero-order valence-electron chi connectivity index (χ0n) is 17.4. The highest BCUT2D eigenvalue weighted by Crippen LogP contribution is 2.35. The van der Waals surface area contributed by atoms with Crippen LogP contribution in [0.15, 0.2) is 47.4 Å². The van der Waals surface area contributed by atoms with Crippen molar-refractivity contribution in [2.24, 2.45) is 0 Å². The number of hydrogen-bond acceptors (Lipinski definition) is 4. The summed E-state index contributed by atoms with van der Waals surface area (Å²) in [6.45, 7) is 9.70. The number of hydrogen-bond donors (Lipinski definition) is 1. The molecule has 1 saturated heterocycles. The summed E-state index contributed by atoms with van der Waals surface area (Å²) < 4.78 is 27.7. The first-order valence-corrected chi connectivity index (χ1v) is 12.0. The summed E-state index contributed by atoms with van der Waals surface area (Å²) >= 11 is 6.49. The maximum atomic E-state index is 13.3. The van der Waals surface area contributed by atoms with Crippen molar-refractivity contribution in [3.63, 3.8) is 0 Å². The molecule has 2 aromatic carbocycles. The predicted octanol–water partition coefficient (Wildman–Crippen LogP) is 4.26. The molecule has 1 heterocycles. The molecule has 1 aliphatic heterocycles. The molecule has 0 bridgehead atoms. The number of nitrogens with one attached hydrogen (secondary N) is 1. The van der Waals surface area contributed by atoms with E-state index in [4.69, 9.17) is 11.8 Å². The maximum Gasteiger partial charge on any atom is 0.257 e. The zero-order chi connectivity index (χ0) is 21.0. The van der Waals surface area contributed by atoms with Crippen LogP contribution in [0.2, 0.25) is 0 Å². The highest BCUT2D eigenvalue weighted by molar-refractivity contribution is 7.90. The van der Waals surface area contributed by atoms with Crippen molar-refractivity contribution in [2.75, 3.05) is 31.1 Å². The average Bonchev–Trinajstić information content (AvgIpc) is 2.75. The molecule has 5 nitrogen and oxygen atoms in total. The van der Waals surface area contributed by atoms with Crippen LogP contribution in [0.5, 0.6) is 0 Å². The first-order valence-electron chi connectivity index (χ1n) is 10.2. The molecule has 0 aliphatic carbocycles. The van der Waals surface area contributed by atoms with E-state index in [1.165, 1.54) is 0 Å². The van der Waals surface area contributed by atoms with Crippen molar-refractivity contribution in [1.29, 1.82) is 0 Å². The standard InChI is InChI=1S/C22H30ClN3O2S/c1-4-18-16-19(10-11-22(18)25-14-12-24-13-15-25)29(27,28)26(23)21(5-2)20-9-7-6-8-17(20)3/h6-11,16,21,24H,4-5,12-15H2,1-3H3. The Balaban J connectivity index is 1.94. The van der Waals surface area contributed by atoms with Crippen LogP contribution in [0.25, 0.3) is 0 Å². The topological polar surface area (TPSA) is 52.7 Å². The lowest BCUT2D eigenvalue weighted by Gasteiger charge is -2.31. The zero-order valence-corrected chi connectivity index (χ0v) is 18.9. The lowest BCUT2D eigenvalue weighted by atomic mass is 10.0. The Morgan fingerprint density at radius 3 is 2.45 bits per heavy atom. The van der Waals surface area contributed by atoms with E-state index < -0.39 is 16.1 Å². The molecule has 1 unspecified atom stereocenters. The predicted molar refractivity (Wildman–Crippen MR) is 120 cm³/mol. The van der Waals surface area contributed by atoms with Gasteiger partial charge in [-0.05, 0) is 66.4 Å². The Kier molecular flexibility index (Phi) is 7.22. The smallest absolute Gasteiger partial charge is 0.257 e. The van der Waals surface area contributed by atoms with Gasteiger partial charge in [0.1, 0.15) is 0 Å². The number of piperazine rings is 1. The van der Waals surface area contributed by atoms with Crippen molar-refractivity contribution < 1.29 is 8.42 Å². The number of rotatable bonds is 7. The molecule has 0 aromatic heterocycles. The third-order valence-electron chi connectivity index (χ3n) is 5.60. The highest BCUT2D eigenvalue weighted by Gasteiger charge is 2.31. The summed E-state index contributed by atoms with van der Waals surface area (Å²) in [5.74, 6) is 0. The van der Waals surface area contributed by atoms with Gasteiger partial charge in [0.05, 0.1) is 10.9 Å². The molecule has 7 heteroatoms. The first kappa shape index (κ1) is 22.1. The van der Waals surface area contributed by atoms with E-state index >= 15 is 0 Å². The normalized spacial score (nSPS) is 16.2. The molecule has 2 aromatic rings. The van der Waals surface area contributed by atoms with E-state index in [1.54, 1.807) is 12.1 Å². The van der Waals surface area contributed by atoms with Crippen LogP contribution >= 0.6 is 11.8 Å². The molecular formula is C22H30ClN3O2S. The molecule has 0 amide bonds. The van der Waals surface area contributed by atoms with E-state index in [9.17, 15) is 8.42 Å². The molecule has 29 heavy (non-hydrogen) atoms. The average molecular weight is 436 g/mol. The second kappa shape index (κ2) is 9.47. The van der Waals surface area contributed by atoms with E-state index in [0.29, 0.717) is 6.42 Å². The van der Waals surface area contributed by atoms with Crippen molar-refractivity contribution in [3.05, 3.63) is 59.2 Å². The van der Waals surface area contributed by atoms with E-state index in [-0.39, 0.29) is 4.90 Å². The van der Waals surface area contributed by atoms with Crippen molar-refractivity contribution in [1.82, 2.24) is 9.14 Å². The van der Waals surface area contributed by atoms with Crippen molar-refractivity contribution in [2.45, 2.75) is 44.6 Å². The number of anilines is 1. The molecule has 1 aliphatic rings. The fourth-order valence-corrected chi connectivity index (χ4v) is 5.73. The Labute approximate surface area is 179 Å². The fraction of sp³-hybridized carbons (Fsp3) is 0.455. The number of halogens is 1. The van der Waals surface area contributed by atoms with Crippen LogP contribution < -0.4 is 10.2 Å². The molecule has 1 N–H and O–H groups in total. The van der Waals surface area contributed by atoms with Crippen molar-refractivity contribution >= 4 is 27.5 Å². The van der Waals surface area contributed by atoms with Gasteiger partial charge >= 0.3 is 0 Å². The fourth-order valence-electron chi connectivity index (χ4n) is 3.92. The van der Waals surface area contributed by atoms with Gasteiger partial charge in [-0.25, -0.2) is 8.42 Å². The van der Waals surface area contributed by atoms with Gasteiger partial charge in [-0.1, -0.05) is 38.1 Å². The molecule has 0 saturated carbocycles. The minimum atomic E-state index is -3.83. The SMILES string of the molecule is CCc1cc(S(=O)(=O)N(Cl)C(CC)c2ccccc2C)ccc1N1CCNCC1. The summed E-state index contributed by atoms with van der Waals surface area (Å²) in [5.41, 5.74) is 4.10. The van der Waals surface area contributed by atoms with Crippen LogP contribution in [-0.4, -0.2) is 38.4 Å². The van der Waals surface area contributed by atoms with Gasteiger partial charge in [0, 0.05) is 31.9 Å². The largest absolute Gasteiger partial charge is 0.369 e. The van der Waals surface area contributed by atoms with Crippen LogP contribution in [-0.2, 0) is 16.4 Å². The molecular weight excluding hydrogens is 406 g/mol. The lowest BCUT2D eigenvalue weighted by Crippen LogP contribution is -2.43. The third-order valence-corrected chi connectivity index (χ3v) is 7.94.